The monoisotopic (exact) mass is 338 g/mol. The summed E-state index contributed by atoms with van der Waals surface area (Å²) in [5.41, 5.74) is 1.39. The number of esters is 1. The first-order chi connectivity index (χ1) is 12.0. The largest absolute Gasteiger partial charge is 0.496 e. The second-order valence-corrected chi connectivity index (χ2v) is 5.27. The highest BCUT2D eigenvalue weighted by atomic mass is 16.5. The first-order valence-corrected chi connectivity index (χ1v) is 7.66. The molecule has 1 atom stereocenters. The summed E-state index contributed by atoms with van der Waals surface area (Å²) in [5.74, 6) is -0.409. The summed E-state index contributed by atoms with van der Waals surface area (Å²) in [5, 5.41) is 11.6. The standard InChI is InChI=1S/C19H18N2O4/c1-13(25-19(23)15-8-5-6-14(10-15)11-20)18(22)21-12-16-7-3-4-9-17(16)24-2/h3-10,13H,12H2,1-2H3,(H,21,22)/t13-/m0/s1. The molecule has 6 heteroatoms. The van der Waals surface area contributed by atoms with Gasteiger partial charge in [-0.05, 0) is 31.2 Å². The van der Waals surface area contributed by atoms with Crippen molar-refractivity contribution in [3.63, 3.8) is 0 Å². The van der Waals surface area contributed by atoms with Crippen LogP contribution in [-0.4, -0.2) is 25.1 Å². The van der Waals surface area contributed by atoms with Crippen molar-refractivity contribution >= 4 is 11.9 Å². The van der Waals surface area contributed by atoms with Crippen LogP contribution in [0.4, 0.5) is 0 Å². The number of carbonyl (C=O) groups is 2. The van der Waals surface area contributed by atoms with Crippen LogP contribution in [0, 0.1) is 11.3 Å². The van der Waals surface area contributed by atoms with Crippen LogP contribution in [-0.2, 0) is 16.1 Å². The zero-order valence-corrected chi connectivity index (χ0v) is 14.0. The van der Waals surface area contributed by atoms with Crippen LogP contribution in [0.2, 0.25) is 0 Å². The summed E-state index contributed by atoms with van der Waals surface area (Å²) < 4.78 is 10.4. The molecule has 0 spiro atoms. The van der Waals surface area contributed by atoms with Crippen molar-refractivity contribution in [1.82, 2.24) is 5.32 Å². The van der Waals surface area contributed by atoms with E-state index in [1.165, 1.54) is 19.1 Å². The molecule has 25 heavy (non-hydrogen) atoms. The molecule has 0 heterocycles. The topological polar surface area (TPSA) is 88.4 Å². The van der Waals surface area contributed by atoms with Crippen molar-refractivity contribution in [2.24, 2.45) is 0 Å². The van der Waals surface area contributed by atoms with Gasteiger partial charge in [0.05, 0.1) is 24.3 Å². The highest BCUT2D eigenvalue weighted by Gasteiger charge is 2.19. The summed E-state index contributed by atoms with van der Waals surface area (Å²) in [6.45, 7) is 1.75. The van der Waals surface area contributed by atoms with Crippen LogP contribution < -0.4 is 10.1 Å². The Morgan fingerprint density at radius 1 is 1.20 bits per heavy atom. The Hall–Kier alpha value is -3.33. The van der Waals surface area contributed by atoms with E-state index in [9.17, 15) is 9.59 Å². The molecule has 1 N–H and O–H groups in total. The third-order valence-electron chi connectivity index (χ3n) is 3.53. The number of amides is 1. The van der Waals surface area contributed by atoms with Gasteiger partial charge in [-0.3, -0.25) is 4.79 Å². The molecule has 0 aliphatic heterocycles. The minimum absolute atomic E-state index is 0.225. The van der Waals surface area contributed by atoms with Gasteiger partial charge < -0.3 is 14.8 Å². The van der Waals surface area contributed by atoms with E-state index < -0.39 is 18.0 Å². The number of nitriles is 1. The fraction of sp³-hybridized carbons (Fsp3) is 0.211. The van der Waals surface area contributed by atoms with E-state index in [1.54, 1.807) is 25.3 Å². The zero-order valence-electron chi connectivity index (χ0n) is 14.0. The second-order valence-electron chi connectivity index (χ2n) is 5.27. The second kappa shape index (κ2) is 8.50. The van der Waals surface area contributed by atoms with Gasteiger partial charge >= 0.3 is 5.97 Å². The molecular formula is C19H18N2O4. The van der Waals surface area contributed by atoms with Crippen molar-refractivity contribution < 1.29 is 19.1 Å². The maximum atomic E-state index is 12.1. The molecule has 0 bridgehead atoms. The maximum Gasteiger partial charge on any atom is 0.338 e. The van der Waals surface area contributed by atoms with Crippen molar-refractivity contribution in [3.05, 3.63) is 65.2 Å². The average molecular weight is 338 g/mol. The normalized spacial score (nSPS) is 11.1. The van der Waals surface area contributed by atoms with Gasteiger partial charge in [0.25, 0.3) is 5.91 Å². The van der Waals surface area contributed by atoms with Crippen molar-refractivity contribution in [2.75, 3.05) is 7.11 Å². The summed E-state index contributed by atoms with van der Waals surface area (Å²) in [7, 11) is 1.56. The molecule has 2 rings (SSSR count). The van der Waals surface area contributed by atoms with E-state index in [1.807, 2.05) is 24.3 Å². The molecule has 2 aromatic rings. The minimum Gasteiger partial charge on any atom is -0.496 e. The Morgan fingerprint density at radius 3 is 2.68 bits per heavy atom. The summed E-state index contributed by atoms with van der Waals surface area (Å²) in [6.07, 6.45) is -0.965. The number of carbonyl (C=O) groups excluding carboxylic acids is 2. The van der Waals surface area contributed by atoms with Gasteiger partial charge in [-0.25, -0.2) is 4.79 Å². The number of benzene rings is 2. The van der Waals surface area contributed by atoms with Crippen LogP contribution in [0.1, 0.15) is 28.4 Å². The average Bonchev–Trinajstić information content (AvgIpc) is 2.66. The van der Waals surface area contributed by atoms with Gasteiger partial charge in [0, 0.05) is 12.1 Å². The fourth-order valence-corrected chi connectivity index (χ4v) is 2.17. The Kier molecular flexibility index (Phi) is 6.13. The molecule has 0 unspecified atom stereocenters. The molecule has 0 aliphatic carbocycles. The zero-order chi connectivity index (χ0) is 18.2. The van der Waals surface area contributed by atoms with Crippen molar-refractivity contribution in [1.29, 1.82) is 5.26 Å². The smallest absolute Gasteiger partial charge is 0.338 e. The summed E-state index contributed by atoms with van der Waals surface area (Å²) in [4.78, 5) is 24.2. The van der Waals surface area contributed by atoms with Crippen LogP contribution in [0.25, 0.3) is 0 Å². The fourth-order valence-electron chi connectivity index (χ4n) is 2.17. The van der Waals surface area contributed by atoms with E-state index in [2.05, 4.69) is 5.32 Å². The molecule has 6 nitrogen and oxygen atoms in total. The number of nitrogens with zero attached hydrogens (tertiary/aromatic N) is 1. The third kappa shape index (κ3) is 4.82. The van der Waals surface area contributed by atoms with E-state index in [0.29, 0.717) is 11.3 Å². The van der Waals surface area contributed by atoms with E-state index in [0.717, 1.165) is 5.56 Å². The minimum atomic E-state index is -0.965. The Balaban J connectivity index is 1.93. The SMILES string of the molecule is COc1ccccc1CNC(=O)[C@H](C)OC(=O)c1cccc(C#N)c1. The number of nitrogens with one attached hydrogen (secondary N) is 1. The predicted octanol–water partition coefficient (Wildman–Crippen LogP) is 2.43. The van der Waals surface area contributed by atoms with Crippen molar-refractivity contribution in [2.45, 2.75) is 19.6 Å². The number of ether oxygens (including phenoxy) is 2. The quantitative estimate of drug-likeness (QED) is 0.817. The lowest BCUT2D eigenvalue weighted by Crippen LogP contribution is -2.35. The predicted molar refractivity (Wildman–Crippen MR) is 90.9 cm³/mol. The molecule has 0 radical (unpaired) electrons. The Labute approximate surface area is 146 Å². The van der Waals surface area contributed by atoms with Crippen LogP contribution in [0.15, 0.2) is 48.5 Å². The van der Waals surface area contributed by atoms with Crippen LogP contribution >= 0.6 is 0 Å². The maximum absolute atomic E-state index is 12.1. The third-order valence-corrected chi connectivity index (χ3v) is 3.53. The van der Waals surface area contributed by atoms with E-state index >= 15 is 0 Å². The van der Waals surface area contributed by atoms with Crippen LogP contribution in [0.3, 0.4) is 0 Å². The Morgan fingerprint density at radius 2 is 1.96 bits per heavy atom. The molecule has 0 saturated heterocycles. The van der Waals surface area contributed by atoms with Gasteiger partial charge in [-0.1, -0.05) is 24.3 Å². The first kappa shape index (κ1) is 18.0. The van der Waals surface area contributed by atoms with Gasteiger partial charge in [-0.15, -0.1) is 0 Å². The number of para-hydroxylation sites is 1. The highest BCUT2D eigenvalue weighted by Crippen LogP contribution is 2.16. The van der Waals surface area contributed by atoms with Gasteiger partial charge in [0.2, 0.25) is 0 Å². The number of rotatable bonds is 6. The molecule has 0 aromatic heterocycles. The van der Waals surface area contributed by atoms with Gasteiger partial charge in [0.1, 0.15) is 5.75 Å². The molecule has 0 fully saturated rings. The summed E-state index contributed by atoms with van der Waals surface area (Å²) >= 11 is 0. The van der Waals surface area contributed by atoms with Crippen molar-refractivity contribution in [3.8, 4) is 11.8 Å². The molecular weight excluding hydrogens is 320 g/mol. The number of hydrogen-bond acceptors (Lipinski definition) is 5. The molecule has 0 aliphatic rings. The summed E-state index contributed by atoms with van der Waals surface area (Å²) in [6, 6.07) is 15.4. The lowest BCUT2D eigenvalue weighted by Gasteiger charge is -2.14. The van der Waals surface area contributed by atoms with E-state index in [4.69, 9.17) is 14.7 Å². The Bertz CT molecular complexity index is 811. The number of hydrogen-bond donors (Lipinski definition) is 1. The first-order valence-electron chi connectivity index (χ1n) is 7.66. The molecule has 0 saturated carbocycles. The molecule has 128 valence electrons. The van der Waals surface area contributed by atoms with Gasteiger partial charge in [-0.2, -0.15) is 5.26 Å². The van der Waals surface area contributed by atoms with Crippen LogP contribution in [0.5, 0.6) is 5.75 Å². The lowest BCUT2D eigenvalue weighted by atomic mass is 10.1. The van der Waals surface area contributed by atoms with E-state index in [-0.39, 0.29) is 12.1 Å². The number of methoxy groups -OCH3 is 1. The lowest BCUT2D eigenvalue weighted by molar-refractivity contribution is -0.129. The van der Waals surface area contributed by atoms with Gasteiger partial charge in [0.15, 0.2) is 6.10 Å². The highest BCUT2D eigenvalue weighted by molar-refractivity contribution is 5.92. The molecule has 2 aromatic carbocycles. The molecule has 1 amide bonds.